The average Bonchev–Trinajstić information content (AvgIpc) is 3.74. The lowest BCUT2D eigenvalue weighted by atomic mass is 10.2. The molecule has 0 atom stereocenters. The average molecular weight is 1100 g/mol. The number of rotatable bonds is 52. The minimum absolute atomic E-state index is 0.123. The second-order valence-electron chi connectivity index (χ2n) is 17.4. The Morgan fingerprint density at radius 3 is 0.987 bits per heavy atom. The number of hydrogen-bond donors (Lipinski definition) is 10. The summed E-state index contributed by atoms with van der Waals surface area (Å²) in [6.07, 6.45) is 7.49. The maximum atomic E-state index is 12.6. The molecule has 0 aromatic rings. The van der Waals surface area contributed by atoms with Crippen LogP contribution in [0.5, 0.6) is 0 Å². The van der Waals surface area contributed by atoms with E-state index in [0.29, 0.717) is 163 Å². The number of carbonyl (C=O) groups excluding carboxylic acids is 10. The van der Waals surface area contributed by atoms with Gasteiger partial charge in [-0.2, -0.15) is 0 Å². The third-order valence-electron chi connectivity index (χ3n) is 11.0. The van der Waals surface area contributed by atoms with E-state index >= 15 is 0 Å². The number of imide groups is 1. The third-order valence-corrected chi connectivity index (χ3v) is 11.0. The zero-order valence-electron chi connectivity index (χ0n) is 44.9. The molecule has 1 heterocycles. The van der Waals surface area contributed by atoms with Crippen molar-refractivity contribution in [3.63, 3.8) is 0 Å². The van der Waals surface area contributed by atoms with Crippen molar-refractivity contribution in [1.29, 1.82) is 0 Å². The van der Waals surface area contributed by atoms with Gasteiger partial charge >= 0.3 is 0 Å². The van der Waals surface area contributed by atoms with Gasteiger partial charge in [0.15, 0.2) is 0 Å². The molecule has 0 radical (unpaired) electrons. The lowest BCUT2D eigenvalue weighted by molar-refractivity contribution is -0.137. The summed E-state index contributed by atoms with van der Waals surface area (Å²) in [5, 5.41) is 16.6. The highest BCUT2D eigenvalue weighted by Gasteiger charge is 2.22. The van der Waals surface area contributed by atoms with E-state index in [-0.39, 0.29) is 137 Å². The molecule has 77 heavy (non-hydrogen) atoms. The van der Waals surface area contributed by atoms with Crippen LogP contribution in [0, 0.1) is 0 Å². The van der Waals surface area contributed by atoms with Crippen LogP contribution in [0.4, 0.5) is 0 Å². The summed E-state index contributed by atoms with van der Waals surface area (Å²) < 4.78 is 33.3. The molecular formula is C49H88N12O16. The van der Waals surface area contributed by atoms with Crippen LogP contribution in [-0.2, 0) is 76.4 Å². The Labute approximate surface area is 451 Å². The normalized spacial score (nSPS) is 11.9. The monoisotopic (exact) mass is 1100 g/mol. The van der Waals surface area contributed by atoms with E-state index in [1.165, 1.54) is 17.1 Å². The van der Waals surface area contributed by atoms with Gasteiger partial charge in [-0.05, 0) is 44.9 Å². The van der Waals surface area contributed by atoms with Crippen LogP contribution in [0.3, 0.4) is 0 Å². The molecule has 440 valence electrons. The van der Waals surface area contributed by atoms with Crippen LogP contribution in [0.2, 0.25) is 0 Å². The summed E-state index contributed by atoms with van der Waals surface area (Å²) in [6, 6.07) is 0. The summed E-state index contributed by atoms with van der Waals surface area (Å²) in [7, 11) is 0. The number of ether oxygens (including phenoxy) is 6. The van der Waals surface area contributed by atoms with Crippen molar-refractivity contribution in [2.75, 3.05) is 145 Å². The Kier molecular flexibility index (Phi) is 43.8. The van der Waals surface area contributed by atoms with E-state index in [2.05, 4.69) is 31.9 Å². The summed E-state index contributed by atoms with van der Waals surface area (Å²) >= 11 is 0. The Hall–Kier alpha value is -5.72. The molecule has 0 unspecified atom stereocenters. The predicted octanol–water partition coefficient (Wildman–Crippen LogP) is -3.16. The van der Waals surface area contributed by atoms with Gasteiger partial charge in [0.25, 0.3) is 11.8 Å². The first kappa shape index (κ1) is 69.3. The Morgan fingerprint density at radius 2 is 0.636 bits per heavy atom. The quantitative estimate of drug-likeness (QED) is 0.00945. The zero-order valence-corrected chi connectivity index (χ0v) is 44.9. The lowest BCUT2D eigenvalue weighted by Gasteiger charge is -2.22. The molecular weight excluding hydrogens is 1010 g/mol. The fourth-order valence-electron chi connectivity index (χ4n) is 6.82. The molecule has 0 aromatic heterocycles. The molecule has 1 aliphatic heterocycles. The van der Waals surface area contributed by atoms with Crippen molar-refractivity contribution >= 4 is 59.1 Å². The molecule has 0 fully saturated rings. The highest BCUT2D eigenvalue weighted by atomic mass is 16.5. The van der Waals surface area contributed by atoms with Crippen LogP contribution in [-0.4, -0.2) is 214 Å². The SMILES string of the molecule is NNC(=O)CCCC(=O)NCCNC(=O)CCN(CCCOCCOCCOCCCNC(=O)CCCC(=O)NCCCOCCOCCOCCCN1C(=O)C=CC1=O)CCC(=O)NCCNC(=O)CCCC(=O)NN. The smallest absolute Gasteiger partial charge is 0.253 e. The van der Waals surface area contributed by atoms with Gasteiger partial charge in [0, 0.05) is 155 Å². The molecule has 10 amide bonds. The van der Waals surface area contributed by atoms with Gasteiger partial charge < -0.3 is 65.2 Å². The van der Waals surface area contributed by atoms with Crippen molar-refractivity contribution < 1.29 is 76.4 Å². The zero-order chi connectivity index (χ0) is 56.4. The lowest BCUT2D eigenvalue weighted by Crippen LogP contribution is -2.38. The maximum Gasteiger partial charge on any atom is 0.253 e. The molecule has 0 spiro atoms. The summed E-state index contributed by atoms with van der Waals surface area (Å²) in [5.41, 5.74) is 4.02. The number of carbonyl (C=O) groups is 10. The van der Waals surface area contributed by atoms with Crippen molar-refractivity contribution in [3.8, 4) is 0 Å². The third kappa shape index (κ3) is 43.0. The Bertz CT molecular complexity index is 1670. The number of hydrogen-bond acceptors (Lipinski definition) is 19. The highest BCUT2D eigenvalue weighted by molar-refractivity contribution is 6.12. The van der Waals surface area contributed by atoms with Crippen LogP contribution in [0.1, 0.15) is 96.3 Å². The molecule has 28 heteroatoms. The molecule has 28 nitrogen and oxygen atoms in total. The van der Waals surface area contributed by atoms with Crippen LogP contribution in [0.25, 0.3) is 0 Å². The number of nitrogens with one attached hydrogen (secondary N) is 8. The van der Waals surface area contributed by atoms with Crippen LogP contribution < -0.4 is 54.4 Å². The van der Waals surface area contributed by atoms with Crippen LogP contribution >= 0.6 is 0 Å². The number of nitrogens with zero attached hydrogens (tertiary/aromatic N) is 2. The van der Waals surface area contributed by atoms with Crippen molar-refractivity contribution in [3.05, 3.63) is 12.2 Å². The van der Waals surface area contributed by atoms with Crippen molar-refractivity contribution in [1.82, 2.24) is 52.6 Å². The summed E-state index contributed by atoms with van der Waals surface area (Å²) in [5.74, 6) is 7.59. The van der Waals surface area contributed by atoms with Crippen molar-refractivity contribution in [2.45, 2.75) is 96.3 Å². The van der Waals surface area contributed by atoms with E-state index in [9.17, 15) is 47.9 Å². The van der Waals surface area contributed by atoms with Gasteiger partial charge in [-0.25, -0.2) is 11.7 Å². The molecule has 0 saturated carbocycles. The number of hydrazine groups is 2. The van der Waals surface area contributed by atoms with E-state index in [1.54, 1.807) is 0 Å². The predicted molar refractivity (Wildman–Crippen MR) is 279 cm³/mol. The van der Waals surface area contributed by atoms with Crippen LogP contribution in [0.15, 0.2) is 12.2 Å². The molecule has 0 bridgehead atoms. The van der Waals surface area contributed by atoms with Gasteiger partial charge in [0.2, 0.25) is 47.3 Å². The number of nitrogens with two attached hydrogens (primary N) is 2. The fraction of sp³-hybridized carbons (Fsp3) is 0.755. The second-order valence-corrected chi connectivity index (χ2v) is 17.4. The van der Waals surface area contributed by atoms with E-state index < -0.39 is 0 Å². The second kappa shape index (κ2) is 48.6. The topological polar surface area (TPSA) is 381 Å². The number of amides is 10. The van der Waals surface area contributed by atoms with Crippen molar-refractivity contribution in [2.24, 2.45) is 11.7 Å². The van der Waals surface area contributed by atoms with Gasteiger partial charge in [0.1, 0.15) is 0 Å². The summed E-state index contributed by atoms with van der Waals surface area (Å²) in [6.45, 7) is 8.29. The molecule has 0 saturated heterocycles. The molecule has 1 rings (SSSR count). The van der Waals surface area contributed by atoms with Gasteiger partial charge in [-0.1, -0.05) is 0 Å². The maximum absolute atomic E-state index is 12.6. The van der Waals surface area contributed by atoms with E-state index in [1.807, 2.05) is 15.8 Å². The van der Waals surface area contributed by atoms with Gasteiger partial charge in [-0.15, -0.1) is 0 Å². The van der Waals surface area contributed by atoms with Gasteiger partial charge in [0.05, 0.1) is 52.9 Å². The highest BCUT2D eigenvalue weighted by Crippen LogP contribution is 2.05. The minimum atomic E-state index is -0.356. The molecule has 0 aliphatic carbocycles. The molecule has 12 N–H and O–H groups in total. The molecule has 1 aliphatic rings. The van der Waals surface area contributed by atoms with E-state index in [4.69, 9.17) is 40.1 Å². The first-order valence-corrected chi connectivity index (χ1v) is 26.7. The standard InChI is InChI=1S/C49H88N12O16/c50-58-46(68)12-2-10-42(64)54-20-22-56-44(66)16-26-60(27-17-45(67)57-23-21-55-43(65)11-3-13-47(69)59-51)24-6-30-74-34-38-76-36-32-72-28-4-18-52-40(62)8-1-9-41(63)53-19-5-29-73-33-37-77-39-35-75-31-7-25-61-48(70)14-15-49(61)71/h14-15H,1-13,16-39,50-51H2,(H,52,62)(H,53,63)(H,54,64)(H,55,65)(H,56,66)(H,57,67)(H,58,68)(H,59,69). The summed E-state index contributed by atoms with van der Waals surface area (Å²) in [4.78, 5) is 122. The largest absolute Gasteiger partial charge is 0.379 e. The fourth-order valence-corrected chi connectivity index (χ4v) is 6.82. The molecule has 0 aromatic carbocycles. The first-order chi connectivity index (χ1) is 37.3. The van der Waals surface area contributed by atoms with Gasteiger partial charge in [-0.3, -0.25) is 63.7 Å². The first-order valence-electron chi connectivity index (χ1n) is 26.7. The Balaban J connectivity index is 2.09. The van der Waals surface area contributed by atoms with E-state index in [0.717, 1.165) is 0 Å². The minimum Gasteiger partial charge on any atom is -0.379 e. The Morgan fingerprint density at radius 1 is 0.351 bits per heavy atom.